The van der Waals surface area contributed by atoms with Gasteiger partial charge in [0.1, 0.15) is 17.0 Å². The average Bonchev–Trinajstić information content (AvgIpc) is 2.99. The van der Waals surface area contributed by atoms with Crippen molar-refractivity contribution < 1.29 is 0 Å². The molecule has 2 aromatic rings. The summed E-state index contributed by atoms with van der Waals surface area (Å²) in [5, 5.41) is 5.04. The lowest BCUT2D eigenvalue weighted by atomic mass is 9.86. The molecule has 0 saturated heterocycles. The quantitative estimate of drug-likeness (QED) is 0.876. The first-order valence-corrected chi connectivity index (χ1v) is 9.00. The van der Waals surface area contributed by atoms with Gasteiger partial charge in [0.25, 0.3) is 0 Å². The van der Waals surface area contributed by atoms with Gasteiger partial charge in [-0.15, -0.1) is 11.3 Å². The molecule has 2 heterocycles. The van der Waals surface area contributed by atoms with E-state index < -0.39 is 0 Å². The largest absolute Gasteiger partial charge is 0.367 e. The van der Waals surface area contributed by atoms with Crippen LogP contribution in [-0.2, 0) is 11.8 Å². The molecule has 0 aromatic carbocycles. The van der Waals surface area contributed by atoms with Gasteiger partial charge in [-0.2, -0.15) is 0 Å². The summed E-state index contributed by atoms with van der Waals surface area (Å²) in [6, 6.07) is 0.594. The highest BCUT2D eigenvalue weighted by Crippen LogP contribution is 2.48. The molecule has 3 nitrogen and oxygen atoms in total. The van der Waals surface area contributed by atoms with Crippen LogP contribution in [0, 0.1) is 0 Å². The zero-order valence-electron chi connectivity index (χ0n) is 12.9. The van der Waals surface area contributed by atoms with E-state index in [9.17, 15) is 0 Å². The molecule has 1 saturated carbocycles. The minimum absolute atomic E-state index is 0.265. The van der Waals surface area contributed by atoms with Gasteiger partial charge < -0.3 is 5.32 Å². The van der Waals surface area contributed by atoms with Crippen LogP contribution in [0.2, 0.25) is 0 Å². The van der Waals surface area contributed by atoms with E-state index in [2.05, 4.69) is 29.1 Å². The van der Waals surface area contributed by atoms with Crippen molar-refractivity contribution >= 4 is 27.4 Å². The lowest BCUT2D eigenvalue weighted by Crippen LogP contribution is -2.23. The lowest BCUT2D eigenvalue weighted by Gasteiger charge is -2.25. The Kier molecular flexibility index (Phi) is 3.18. The molecule has 2 aliphatic rings. The Morgan fingerprint density at radius 3 is 2.81 bits per heavy atom. The van der Waals surface area contributed by atoms with Crippen LogP contribution in [0.25, 0.3) is 10.2 Å². The molecule has 0 bridgehead atoms. The van der Waals surface area contributed by atoms with Gasteiger partial charge in [-0.3, -0.25) is 0 Å². The van der Waals surface area contributed by atoms with Crippen LogP contribution in [-0.4, -0.2) is 16.0 Å². The molecular weight excluding hydrogens is 278 g/mol. The second-order valence-electron chi connectivity index (χ2n) is 7.17. The van der Waals surface area contributed by atoms with Crippen LogP contribution < -0.4 is 5.32 Å². The Morgan fingerprint density at radius 2 is 2.00 bits per heavy atom. The summed E-state index contributed by atoms with van der Waals surface area (Å²) in [5.41, 5.74) is 1.78. The number of hydrogen-bond acceptors (Lipinski definition) is 4. The Hall–Kier alpha value is -1.16. The van der Waals surface area contributed by atoms with E-state index in [1.165, 1.54) is 65.6 Å². The van der Waals surface area contributed by atoms with Crippen molar-refractivity contribution in [1.82, 2.24) is 9.97 Å². The average molecular weight is 301 g/mol. The van der Waals surface area contributed by atoms with Gasteiger partial charge >= 0.3 is 0 Å². The Bertz CT molecular complexity index is 668. The normalized spacial score (nSPS) is 21.6. The first-order chi connectivity index (χ1) is 10.1. The highest BCUT2D eigenvalue weighted by molar-refractivity contribution is 7.19. The predicted octanol–water partition coefficient (Wildman–Crippen LogP) is 4.66. The molecule has 0 atom stereocenters. The van der Waals surface area contributed by atoms with Gasteiger partial charge in [-0.25, -0.2) is 9.97 Å². The lowest BCUT2D eigenvalue weighted by molar-refractivity contribution is 0.462. The number of aryl methyl sites for hydroxylation is 1. The van der Waals surface area contributed by atoms with Crippen LogP contribution in [0.3, 0.4) is 0 Å². The summed E-state index contributed by atoms with van der Waals surface area (Å²) in [5.74, 6) is 1.08. The van der Waals surface area contributed by atoms with Gasteiger partial charge in [0.2, 0.25) is 0 Å². The molecule has 112 valence electrons. The first kappa shape index (κ1) is 13.5. The fraction of sp³-hybridized carbons (Fsp3) is 0.647. The van der Waals surface area contributed by atoms with Gasteiger partial charge in [-0.05, 0) is 36.7 Å². The minimum atomic E-state index is 0.265. The van der Waals surface area contributed by atoms with Crippen LogP contribution in [0.1, 0.15) is 62.8 Å². The van der Waals surface area contributed by atoms with Crippen LogP contribution in [0.5, 0.6) is 0 Å². The number of aromatic nitrogens is 2. The number of hydrogen-bond donors (Lipinski definition) is 1. The van der Waals surface area contributed by atoms with Crippen molar-refractivity contribution in [1.29, 1.82) is 0 Å². The number of anilines is 1. The molecule has 0 spiro atoms. The van der Waals surface area contributed by atoms with E-state index in [-0.39, 0.29) is 5.41 Å². The Morgan fingerprint density at radius 1 is 1.19 bits per heavy atom. The van der Waals surface area contributed by atoms with E-state index >= 15 is 0 Å². The van der Waals surface area contributed by atoms with Crippen molar-refractivity contribution in [3.05, 3.63) is 16.8 Å². The third-order valence-electron chi connectivity index (χ3n) is 5.16. The molecule has 1 fully saturated rings. The molecule has 0 radical (unpaired) electrons. The zero-order valence-corrected chi connectivity index (χ0v) is 13.7. The molecule has 2 aromatic heterocycles. The summed E-state index contributed by atoms with van der Waals surface area (Å²) in [6.07, 6.45) is 10.8. The van der Waals surface area contributed by atoms with Gasteiger partial charge in [0.15, 0.2) is 0 Å². The summed E-state index contributed by atoms with van der Waals surface area (Å²) < 4.78 is 0. The summed E-state index contributed by atoms with van der Waals surface area (Å²) in [4.78, 5) is 11.8. The Balaban J connectivity index is 1.78. The van der Waals surface area contributed by atoms with Crippen molar-refractivity contribution in [2.24, 2.45) is 0 Å². The van der Waals surface area contributed by atoms with Crippen LogP contribution >= 0.6 is 11.3 Å². The summed E-state index contributed by atoms with van der Waals surface area (Å²) >= 11 is 1.87. The maximum absolute atomic E-state index is 4.60. The zero-order chi connectivity index (χ0) is 14.4. The van der Waals surface area contributed by atoms with Gasteiger partial charge in [0, 0.05) is 10.9 Å². The number of nitrogens with zero attached hydrogens (tertiary/aromatic N) is 2. The fourth-order valence-electron chi connectivity index (χ4n) is 3.97. The highest BCUT2D eigenvalue weighted by Gasteiger charge is 2.35. The van der Waals surface area contributed by atoms with E-state index in [4.69, 9.17) is 0 Å². The van der Waals surface area contributed by atoms with Crippen molar-refractivity contribution in [3.8, 4) is 0 Å². The number of rotatable bonds is 2. The molecule has 1 N–H and O–H groups in total. The monoisotopic (exact) mass is 301 g/mol. The summed E-state index contributed by atoms with van der Waals surface area (Å²) in [6.45, 7) is 4.73. The highest BCUT2D eigenvalue weighted by atomic mass is 32.1. The van der Waals surface area contributed by atoms with E-state index in [0.29, 0.717) is 6.04 Å². The minimum Gasteiger partial charge on any atom is -0.367 e. The standard InChI is InChI=1S/C17H23N3S/c1-17(2)9-8-12-14(17)13-15(18-10-19-16(13)21-12)20-11-6-4-3-5-7-11/h10-11H,3-9H2,1-2H3,(H,18,19,20). The second-order valence-corrected chi connectivity index (χ2v) is 8.25. The molecule has 0 amide bonds. The van der Waals surface area contributed by atoms with E-state index in [1.807, 2.05) is 11.3 Å². The number of fused-ring (bicyclic) bond motifs is 3. The summed E-state index contributed by atoms with van der Waals surface area (Å²) in [7, 11) is 0. The molecule has 4 heteroatoms. The smallest absolute Gasteiger partial charge is 0.138 e. The fourth-order valence-corrected chi connectivity index (χ4v) is 5.29. The molecule has 21 heavy (non-hydrogen) atoms. The molecule has 0 unspecified atom stereocenters. The molecule has 0 aliphatic heterocycles. The topological polar surface area (TPSA) is 37.8 Å². The van der Waals surface area contributed by atoms with Crippen LogP contribution in [0.15, 0.2) is 6.33 Å². The third-order valence-corrected chi connectivity index (χ3v) is 6.32. The SMILES string of the molecule is CC1(C)CCc2sc3ncnc(NC4CCCCC4)c3c21. The maximum Gasteiger partial charge on any atom is 0.138 e. The predicted molar refractivity (Wildman–Crippen MR) is 89.3 cm³/mol. The first-order valence-electron chi connectivity index (χ1n) is 8.18. The Labute approximate surface area is 130 Å². The molecule has 2 aliphatic carbocycles. The maximum atomic E-state index is 4.60. The second kappa shape index (κ2) is 4.94. The van der Waals surface area contributed by atoms with Crippen molar-refractivity contribution in [2.45, 2.75) is 70.3 Å². The van der Waals surface area contributed by atoms with Crippen LogP contribution in [0.4, 0.5) is 5.82 Å². The van der Waals surface area contributed by atoms with Crippen molar-refractivity contribution in [3.63, 3.8) is 0 Å². The molecule has 4 rings (SSSR count). The number of nitrogens with one attached hydrogen (secondary N) is 1. The van der Waals surface area contributed by atoms with Gasteiger partial charge in [0.05, 0.1) is 5.39 Å². The third kappa shape index (κ3) is 2.24. The van der Waals surface area contributed by atoms with E-state index in [0.717, 1.165) is 5.82 Å². The van der Waals surface area contributed by atoms with Gasteiger partial charge in [-0.1, -0.05) is 33.1 Å². The van der Waals surface area contributed by atoms with Crippen molar-refractivity contribution in [2.75, 3.05) is 5.32 Å². The van der Waals surface area contributed by atoms with E-state index in [1.54, 1.807) is 6.33 Å². The number of thiophene rings is 1. The molecular formula is C17H23N3S.